The Balaban J connectivity index is 2.08. The predicted octanol–water partition coefficient (Wildman–Crippen LogP) is 3.31. The molecule has 0 aliphatic heterocycles. The predicted molar refractivity (Wildman–Crippen MR) is 81.7 cm³/mol. The van der Waals surface area contributed by atoms with Gasteiger partial charge in [-0.3, -0.25) is 9.59 Å². The highest BCUT2D eigenvalue weighted by Crippen LogP contribution is 2.31. The standard InChI is InChI=1S/C15H17BrN2O2/c1-15(2)8-10(7-11(19)9-15)17-18-14(20)12-5-3-4-6-13(12)16/h3-6H,7-9H2,1-2H3,(H,18,20)/b17-10-. The van der Waals surface area contributed by atoms with Crippen LogP contribution >= 0.6 is 15.9 Å². The molecule has 1 amide bonds. The molecule has 1 aromatic carbocycles. The smallest absolute Gasteiger partial charge is 0.272 e. The van der Waals surface area contributed by atoms with Crippen LogP contribution in [-0.4, -0.2) is 17.4 Å². The first-order valence-electron chi connectivity index (χ1n) is 6.49. The number of halogens is 1. The van der Waals surface area contributed by atoms with E-state index < -0.39 is 0 Å². The Hall–Kier alpha value is -1.49. The van der Waals surface area contributed by atoms with E-state index in [9.17, 15) is 9.59 Å². The number of carbonyl (C=O) groups is 2. The van der Waals surface area contributed by atoms with Crippen molar-refractivity contribution in [1.82, 2.24) is 5.43 Å². The molecule has 2 rings (SSSR count). The molecule has 106 valence electrons. The van der Waals surface area contributed by atoms with Crippen molar-refractivity contribution >= 4 is 33.3 Å². The maximum Gasteiger partial charge on any atom is 0.272 e. The molecule has 4 nitrogen and oxygen atoms in total. The summed E-state index contributed by atoms with van der Waals surface area (Å²) in [5.74, 6) is -0.101. The number of amides is 1. The molecule has 0 saturated heterocycles. The number of Topliss-reactive ketones (excluding diaryl/α,β-unsaturated/α-hetero) is 1. The van der Waals surface area contributed by atoms with Crippen LogP contribution < -0.4 is 5.43 Å². The molecule has 1 aromatic rings. The van der Waals surface area contributed by atoms with Gasteiger partial charge in [0.15, 0.2) is 0 Å². The number of hydrogen-bond donors (Lipinski definition) is 1. The van der Waals surface area contributed by atoms with Crippen molar-refractivity contribution in [3.05, 3.63) is 34.3 Å². The highest BCUT2D eigenvalue weighted by molar-refractivity contribution is 9.10. The Morgan fingerprint density at radius 3 is 2.65 bits per heavy atom. The van der Waals surface area contributed by atoms with Crippen molar-refractivity contribution in [2.45, 2.75) is 33.1 Å². The van der Waals surface area contributed by atoms with Crippen molar-refractivity contribution in [2.75, 3.05) is 0 Å². The number of benzene rings is 1. The lowest BCUT2D eigenvalue weighted by Crippen LogP contribution is -2.31. The second kappa shape index (κ2) is 5.87. The van der Waals surface area contributed by atoms with Gasteiger partial charge in [-0.15, -0.1) is 0 Å². The summed E-state index contributed by atoms with van der Waals surface area (Å²) in [6, 6.07) is 7.15. The largest absolute Gasteiger partial charge is 0.299 e. The normalized spacial score (nSPS) is 19.9. The second-order valence-electron chi connectivity index (χ2n) is 5.83. The molecule has 1 saturated carbocycles. The van der Waals surface area contributed by atoms with Crippen LogP contribution in [0.3, 0.4) is 0 Å². The highest BCUT2D eigenvalue weighted by atomic mass is 79.9. The highest BCUT2D eigenvalue weighted by Gasteiger charge is 2.30. The molecule has 0 radical (unpaired) electrons. The number of ketones is 1. The fourth-order valence-corrected chi connectivity index (χ4v) is 2.88. The Labute approximate surface area is 126 Å². The van der Waals surface area contributed by atoms with Crippen molar-refractivity contribution in [3.63, 3.8) is 0 Å². The molecule has 20 heavy (non-hydrogen) atoms. The minimum Gasteiger partial charge on any atom is -0.299 e. The second-order valence-corrected chi connectivity index (χ2v) is 6.69. The van der Waals surface area contributed by atoms with Crippen molar-refractivity contribution in [3.8, 4) is 0 Å². The third-order valence-electron chi connectivity index (χ3n) is 3.19. The minimum absolute atomic E-state index is 0.0772. The Bertz CT molecular complexity index is 579. The molecule has 0 heterocycles. The van der Waals surface area contributed by atoms with Crippen LogP contribution in [0.25, 0.3) is 0 Å². The van der Waals surface area contributed by atoms with Crippen molar-refractivity contribution in [1.29, 1.82) is 0 Å². The third-order valence-corrected chi connectivity index (χ3v) is 3.89. The molecular weight excluding hydrogens is 320 g/mol. The maximum atomic E-state index is 12.0. The zero-order valence-electron chi connectivity index (χ0n) is 11.6. The zero-order valence-corrected chi connectivity index (χ0v) is 13.2. The van der Waals surface area contributed by atoms with Crippen molar-refractivity contribution in [2.24, 2.45) is 10.5 Å². The number of hydrogen-bond acceptors (Lipinski definition) is 3. The van der Waals surface area contributed by atoms with E-state index in [1.807, 2.05) is 19.9 Å². The quantitative estimate of drug-likeness (QED) is 0.842. The SMILES string of the molecule is CC1(C)CC(=O)C/C(=N/NC(=O)c2ccccc2Br)C1. The first-order valence-corrected chi connectivity index (χ1v) is 7.29. The lowest BCUT2D eigenvalue weighted by Gasteiger charge is -2.29. The molecule has 1 aliphatic rings. The van der Waals surface area contributed by atoms with Gasteiger partial charge >= 0.3 is 0 Å². The molecule has 1 fully saturated rings. The fourth-order valence-electron chi connectivity index (χ4n) is 2.42. The van der Waals surface area contributed by atoms with Gasteiger partial charge in [0.1, 0.15) is 5.78 Å². The summed E-state index contributed by atoms with van der Waals surface area (Å²) in [6.45, 7) is 4.07. The lowest BCUT2D eigenvalue weighted by atomic mass is 9.76. The minimum atomic E-state index is -0.277. The van der Waals surface area contributed by atoms with E-state index in [1.54, 1.807) is 18.2 Å². The van der Waals surface area contributed by atoms with Gasteiger partial charge in [-0.1, -0.05) is 26.0 Å². The average molecular weight is 337 g/mol. The van der Waals surface area contributed by atoms with Gasteiger partial charge in [-0.2, -0.15) is 5.10 Å². The number of carbonyl (C=O) groups excluding carboxylic acids is 2. The zero-order chi connectivity index (χ0) is 14.8. The summed E-state index contributed by atoms with van der Waals surface area (Å²) in [6.07, 6.45) is 1.64. The van der Waals surface area contributed by atoms with Gasteiger partial charge in [0.2, 0.25) is 0 Å². The van der Waals surface area contributed by atoms with E-state index in [4.69, 9.17) is 0 Å². The number of hydrazone groups is 1. The van der Waals surface area contributed by atoms with E-state index in [-0.39, 0.29) is 17.1 Å². The van der Waals surface area contributed by atoms with Crippen LogP contribution in [0.5, 0.6) is 0 Å². The molecule has 0 atom stereocenters. The summed E-state index contributed by atoms with van der Waals surface area (Å²) in [5.41, 5.74) is 3.73. The van der Waals surface area contributed by atoms with Gasteiger partial charge < -0.3 is 0 Å². The topological polar surface area (TPSA) is 58.5 Å². The van der Waals surface area contributed by atoms with Gasteiger partial charge in [-0.25, -0.2) is 5.43 Å². The van der Waals surface area contributed by atoms with Crippen LogP contribution in [0.1, 0.15) is 43.5 Å². The molecule has 0 spiro atoms. The first-order chi connectivity index (χ1) is 9.37. The molecular formula is C15H17BrN2O2. The monoisotopic (exact) mass is 336 g/mol. The third kappa shape index (κ3) is 3.76. The molecule has 1 N–H and O–H groups in total. The Kier molecular flexibility index (Phi) is 4.38. The van der Waals surface area contributed by atoms with Gasteiger partial charge in [0, 0.05) is 23.0 Å². The van der Waals surface area contributed by atoms with E-state index in [1.165, 1.54) is 0 Å². The van der Waals surface area contributed by atoms with Crippen LogP contribution in [-0.2, 0) is 4.79 Å². The van der Waals surface area contributed by atoms with Gasteiger partial charge in [0.25, 0.3) is 5.91 Å². The van der Waals surface area contributed by atoms with Crippen molar-refractivity contribution < 1.29 is 9.59 Å². The first kappa shape index (κ1) is 14.9. The van der Waals surface area contributed by atoms with Crippen LogP contribution in [0, 0.1) is 5.41 Å². The van der Waals surface area contributed by atoms with Gasteiger partial charge in [-0.05, 0) is 39.9 Å². The molecule has 0 aromatic heterocycles. The fraction of sp³-hybridized carbons (Fsp3) is 0.400. The van der Waals surface area contributed by atoms with E-state index in [0.717, 1.165) is 16.6 Å². The summed E-state index contributed by atoms with van der Waals surface area (Å²) in [5, 5.41) is 4.12. The Morgan fingerprint density at radius 1 is 1.30 bits per heavy atom. The number of rotatable bonds is 2. The maximum absolute atomic E-state index is 12.0. The Morgan fingerprint density at radius 2 is 2.00 bits per heavy atom. The van der Waals surface area contributed by atoms with Gasteiger partial charge in [0.05, 0.1) is 5.56 Å². The van der Waals surface area contributed by atoms with Crippen LogP contribution in [0.4, 0.5) is 0 Å². The molecule has 0 bridgehead atoms. The summed E-state index contributed by atoms with van der Waals surface area (Å²) >= 11 is 3.33. The summed E-state index contributed by atoms with van der Waals surface area (Å²) < 4.78 is 0.720. The van der Waals surface area contributed by atoms with E-state index >= 15 is 0 Å². The molecule has 5 heteroatoms. The number of nitrogens with zero attached hydrogens (tertiary/aromatic N) is 1. The lowest BCUT2D eigenvalue weighted by molar-refractivity contribution is -0.120. The van der Waals surface area contributed by atoms with Crippen LogP contribution in [0.2, 0.25) is 0 Å². The molecule has 1 aliphatic carbocycles. The summed E-state index contributed by atoms with van der Waals surface area (Å²) in [4.78, 5) is 23.7. The van der Waals surface area contributed by atoms with E-state index in [2.05, 4.69) is 26.5 Å². The summed E-state index contributed by atoms with van der Waals surface area (Å²) in [7, 11) is 0. The van der Waals surface area contributed by atoms with Crippen LogP contribution in [0.15, 0.2) is 33.8 Å². The molecule has 0 unspecified atom stereocenters. The van der Waals surface area contributed by atoms with E-state index in [0.29, 0.717) is 18.4 Å². The number of nitrogens with one attached hydrogen (secondary N) is 1. The average Bonchev–Trinajstić information content (AvgIpc) is 2.34.